The van der Waals surface area contributed by atoms with Crippen molar-refractivity contribution < 1.29 is 41.0 Å². The number of aryl methyl sites for hydroxylation is 1. The first-order chi connectivity index (χ1) is 18.4. The van der Waals surface area contributed by atoms with Gasteiger partial charge >= 0.3 is 12.1 Å². The summed E-state index contributed by atoms with van der Waals surface area (Å²) >= 11 is 0. The number of nitrogens with zero attached hydrogens (tertiary/aromatic N) is 1. The quantitative estimate of drug-likeness (QED) is 0.339. The summed E-state index contributed by atoms with van der Waals surface area (Å²) in [6, 6.07) is 14.6. The van der Waals surface area contributed by atoms with Crippen LogP contribution in [0.3, 0.4) is 0 Å². The van der Waals surface area contributed by atoms with Gasteiger partial charge in [-0.05, 0) is 60.9 Å². The van der Waals surface area contributed by atoms with Crippen molar-refractivity contribution >= 4 is 33.8 Å². The van der Waals surface area contributed by atoms with Crippen LogP contribution in [0.4, 0.5) is 18.9 Å². The van der Waals surface area contributed by atoms with Gasteiger partial charge in [-0.25, -0.2) is 8.42 Å². The number of rotatable bonds is 8. The van der Waals surface area contributed by atoms with Crippen molar-refractivity contribution in [3.8, 4) is 11.5 Å². The molecule has 1 heterocycles. The smallest absolute Gasteiger partial charge is 0.417 e. The number of carboxylic acid groups (broad SMARTS) is 1. The lowest BCUT2D eigenvalue weighted by molar-refractivity contribution is -0.138. The molecule has 1 aliphatic heterocycles. The minimum Gasteiger partial charge on any atom is -0.496 e. The van der Waals surface area contributed by atoms with E-state index in [0.29, 0.717) is 5.56 Å². The number of carbonyl (C=O) groups is 1. The number of alkyl halides is 3. The van der Waals surface area contributed by atoms with Crippen LogP contribution < -0.4 is 13.8 Å². The largest absolute Gasteiger partial charge is 0.496 e. The molecule has 0 aliphatic carbocycles. The fourth-order valence-corrected chi connectivity index (χ4v) is 5.92. The summed E-state index contributed by atoms with van der Waals surface area (Å²) in [4.78, 5) is 11.2. The number of sulfonamides is 1. The van der Waals surface area contributed by atoms with Crippen LogP contribution in [0.15, 0.2) is 65.6 Å². The Kier molecular flexibility index (Phi) is 7.91. The molecule has 0 unspecified atom stereocenters. The molecule has 39 heavy (non-hydrogen) atoms. The number of hydrogen-bond donors (Lipinski definition) is 1. The Hall–Kier alpha value is -3.99. The van der Waals surface area contributed by atoms with Crippen molar-refractivity contribution in [3.63, 3.8) is 0 Å². The van der Waals surface area contributed by atoms with Gasteiger partial charge in [-0.2, -0.15) is 13.2 Å². The zero-order chi connectivity index (χ0) is 28.4. The highest BCUT2D eigenvalue weighted by molar-refractivity contribution is 7.92. The highest BCUT2D eigenvalue weighted by Crippen LogP contribution is 2.40. The third-order valence-electron chi connectivity index (χ3n) is 6.21. The van der Waals surface area contributed by atoms with E-state index >= 15 is 0 Å². The first-order valence-corrected chi connectivity index (χ1v) is 13.4. The van der Waals surface area contributed by atoms with Crippen LogP contribution in [0.2, 0.25) is 0 Å². The molecule has 0 amide bonds. The van der Waals surface area contributed by atoms with E-state index in [1.165, 1.54) is 55.7 Å². The molecule has 4 rings (SSSR count). The summed E-state index contributed by atoms with van der Waals surface area (Å²) in [5.74, 6) is -0.780. The molecular weight excluding hydrogens is 535 g/mol. The van der Waals surface area contributed by atoms with E-state index in [9.17, 15) is 26.4 Å². The van der Waals surface area contributed by atoms with Gasteiger partial charge in [0, 0.05) is 12.0 Å². The topological polar surface area (TPSA) is 93.1 Å². The molecule has 1 N–H and O–H groups in total. The number of ether oxygens (including phenoxy) is 2. The summed E-state index contributed by atoms with van der Waals surface area (Å²) < 4.78 is 80.5. The van der Waals surface area contributed by atoms with Crippen molar-refractivity contribution in [1.82, 2.24) is 0 Å². The molecule has 3 aromatic carbocycles. The van der Waals surface area contributed by atoms with Crippen LogP contribution in [0.1, 0.15) is 35.1 Å². The molecule has 1 aliphatic rings. The van der Waals surface area contributed by atoms with E-state index in [1.54, 1.807) is 25.1 Å². The number of carboxylic acids is 1. The molecule has 0 spiro atoms. The Morgan fingerprint density at radius 3 is 2.54 bits per heavy atom. The monoisotopic (exact) mass is 561 g/mol. The maximum absolute atomic E-state index is 13.7. The van der Waals surface area contributed by atoms with Gasteiger partial charge in [0.05, 0.1) is 29.8 Å². The Bertz CT molecular complexity index is 1520. The molecule has 0 fully saturated rings. The van der Waals surface area contributed by atoms with Gasteiger partial charge in [-0.15, -0.1) is 0 Å². The van der Waals surface area contributed by atoms with Gasteiger partial charge in [0.2, 0.25) is 0 Å². The predicted octanol–water partition coefficient (Wildman–Crippen LogP) is 6.01. The maximum Gasteiger partial charge on any atom is 0.417 e. The first-order valence-electron chi connectivity index (χ1n) is 11.9. The second-order valence-electron chi connectivity index (χ2n) is 9.00. The van der Waals surface area contributed by atoms with Gasteiger partial charge in [0.15, 0.2) is 0 Å². The lowest BCUT2D eigenvalue weighted by Crippen LogP contribution is -2.43. The fourth-order valence-electron chi connectivity index (χ4n) is 4.32. The summed E-state index contributed by atoms with van der Waals surface area (Å²) in [5, 5.41) is 9.10. The minimum atomic E-state index is -4.61. The van der Waals surface area contributed by atoms with Crippen molar-refractivity contribution in [3.05, 3.63) is 82.9 Å². The molecule has 0 bridgehead atoms. The molecule has 11 heteroatoms. The van der Waals surface area contributed by atoms with Crippen molar-refractivity contribution in [2.24, 2.45) is 0 Å². The lowest BCUT2D eigenvalue weighted by Gasteiger charge is -2.35. The molecule has 0 aromatic heterocycles. The number of anilines is 1. The Balaban J connectivity index is 1.77. The van der Waals surface area contributed by atoms with Gasteiger partial charge < -0.3 is 14.6 Å². The molecule has 3 aromatic rings. The van der Waals surface area contributed by atoms with Crippen LogP contribution >= 0.6 is 0 Å². The average Bonchev–Trinajstić information content (AvgIpc) is 2.89. The highest BCUT2D eigenvalue weighted by Gasteiger charge is 2.36. The van der Waals surface area contributed by atoms with Crippen LogP contribution in [-0.4, -0.2) is 39.3 Å². The number of halogens is 3. The van der Waals surface area contributed by atoms with Crippen molar-refractivity contribution in [2.75, 3.05) is 18.0 Å². The van der Waals surface area contributed by atoms with Crippen molar-refractivity contribution in [2.45, 2.75) is 36.9 Å². The van der Waals surface area contributed by atoms with E-state index in [0.717, 1.165) is 15.9 Å². The van der Waals surface area contributed by atoms with Crippen LogP contribution in [-0.2, 0) is 21.0 Å². The number of fused-ring (bicyclic) bond motifs is 1. The predicted molar refractivity (Wildman–Crippen MR) is 140 cm³/mol. The Morgan fingerprint density at radius 2 is 1.87 bits per heavy atom. The molecule has 206 valence electrons. The first kappa shape index (κ1) is 28.0. The molecule has 1 atom stereocenters. The lowest BCUT2D eigenvalue weighted by atomic mass is 10.0. The summed E-state index contributed by atoms with van der Waals surface area (Å²) in [5.41, 5.74) is 0.316. The van der Waals surface area contributed by atoms with Gasteiger partial charge in [-0.3, -0.25) is 9.10 Å². The van der Waals surface area contributed by atoms with Gasteiger partial charge in [0.25, 0.3) is 10.0 Å². The normalized spacial score (nSPS) is 15.6. The van der Waals surface area contributed by atoms with E-state index in [2.05, 4.69) is 0 Å². The van der Waals surface area contributed by atoms with E-state index in [4.69, 9.17) is 14.6 Å². The van der Waals surface area contributed by atoms with Crippen LogP contribution in [0.25, 0.3) is 12.2 Å². The van der Waals surface area contributed by atoms with Gasteiger partial charge in [0.1, 0.15) is 17.6 Å². The van der Waals surface area contributed by atoms with Gasteiger partial charge in [-0.1, -0.05) is 36.4 Å². The second kappa shape index (κ2) is 11.0. The zero-order valence-electron chi connectivity index (χ0n) is 21.1. The van der Waals surface area contributed by atoms with Crippen LogP contribution in [0.5, 0.6) is 11.5 Å². The molecular formula is C28H26F3NO6S. The third kappa shape index (κ3) is 6.19. The highest BCUT2D eigenvalue weighted by atomic mass is 32.2. The Morgan fingerprint density at radius 1 is 1.13 bits per heavy atom. The van der Waals surface area contributed by atoms with E-state index < -0.39 is 33.8 Å². The van der Waals surface area contributed by atoms with E-state index in [1.807, 2.05) is 0 Å². The standard InChI is InChI=1S/C28H26F3NO6S/c1-18-5-3-6-21(15-18)39(35,36)32-17-20(11-14-27(33)34)38-26-13-10-19(16-24(26)32)9-12-22-23(28(29,30)31)7-4-8-25(22)37-2/h3-10,12-13,15-16,20H,11,14,17H2,1-2H3,(H,33,34)/b12-9+/t20-/m0/s1. The SMILES string of the molecule is COc1cccc(C(F)(F)F)c1/C=C/c1ccc2c(c1)N(S(=O)(=O)c1cccc(C)c1)C[C@H](CCC(=O)O)O2. The maximum atomic E-state index is 13.7. The minimum absolute atomic E-state index is 0.0345. The zero-order valence-corrected chi connectivity index (χ0v) is 21.9. The molecule has 0 saturated carbocycles. The van der Waals surface area contributed by atoms with Crippen molar-refractivity contribution in [1.29, 1.82) is 0 Å². The third-order valence-corrected chi connectivity index (χ3v) is 7.98. The molecule has 0 saturated heterocycles. The Labute approximate surface area is 224 Å². The van der Waals surface area contributed by atoms with E-state index in [-0.39, 0.29) is 47.0 Å². The summed E-state index contributed by atoms with van der Waals surface area (Å²) in [6.45, 7) is 1.63. The summed E-state index contributed by atoms with van der Waals surface area (Å²) in [6.07, 6.45) is -2.74. The number of aliphatic carboxylic acids is 1. The summed E-state index contributed by atoms with van der Waals surface area (Å²) in [7, 11) is -2.80. The number of hydrogen-bond acceptors (Lipinski definition) is 5. The molecule has 0 radical (unpaired) electrons. The number of methoxy groups -OCH3 is 1. The fraction of sp³-hybridized carbons (Fsp3) is 0.250. The molecule has 7 nitrogen and oxygen atoms in total. The number of benzene rings is 3. The average molecular weight is 562 g/mol. The second-order valence-corrected chi connectivity index (χ2v) is 10.9. The van der Waals surface area contributed by atoms with Crippen LogP contribution in [0, 0.1) is 6.92 Å².